The lowest BCUT2D eigenvalue weighted by Gasteiger charge is -2.30. The van der Waals surface area contributed by atoms with E-state index in [2.05, 4.69) is 75.9 Å². The number of benzene rings is 2. The summed E-state index contributed by atoms with van der Waals surface area (Å²) in [6.45, 7) is 5.20. The minimum absolute atomic E-state index is 0.366. The summed E-state index contributed by atoms with van der Waals surface area (Å²) >= 11 is 1.66. The molecule has 0 saturated carbocycles. The molecule has 0 atom stereocenters. The van der Waals surface area contributed by atoms with E-state index in [0.29, 0.717) is 11.8 Å². The van der Waals surface area contributed by atoms with Crippen molar-refractivity contribution in [2.24, 2.45) is 0 Å². The van der Waals surface area contributed by atoms with Crippen LogP contribution in [0.4, 0.5) is 0 Å². The molecule has 1 fully saturated rings. The van der Waals surface area contributed by atoms with Crippen LogP contribution in [-0.4, -0.2) is 28.2 Å². The zero-order valence-corrected chi connectivity index (χ0v) is 16.8. The summed E-state index contributed by atoms with van der Waals surface area (Å²) in [7, 11) is 0. The Kier molecular flexibility index (Phi) is 4.71. The summed E-state index contributed by atoms with van der Waals surface area (Å²) in [5.41, 5.74) is 2.61. The average molecular weight is 390 g/mol. The Balaban J connectivity index is 1.25. The fourth-order valence-corrected chi connectivity index (χ4v) is 4.94. The number of hydrogen-bond acceptors (Lipinski definition) is 5. The largest absolute Gasteiger partial charge is 0.420 e. The number of fused-ring (bicyclic) bond motifs is 1. The van der Waals surface area contributed by atoms with Gasteiger partial charge < -0.3 is 4.42 Å². The molecule has 2 aromatic heterocycles. The molecule has 0 bridgehead atoms. The van der Waals surface area contributed by atoms with Gasteiger partial charge in [-0.05, 0) is 66.2 Å². The zero-order chi connectivity index (χ0) is 18.9. The number of hydrogen-bond donors (Lipinski definition) is 0. The van der Waals surface area contributed by atoms with E-state index in [9.17, 15) is 0 Å². The smallest absolute Gasteiger partial charge is 0.258 e. The normalized spacial score (nSPS) is 16.0. The maximum absolute atomic E-state index is 6.03. The molecule has 28 heavy (non-hydrogen) atoms. The lowest BCUT2D eigenvalue weighted by Crippen LogP contribution is -2.32. The van der Waals surface area contributed by atoms with Crippen molar-refractivity contribution < 1.29 is 4.42 Å². The van der Waals surface area contributed by atoms with E-state index in [0.717, 1.165) is 43.2 Å². The Hall–Kier alpha value is -2.50. The van der Waals surface area contributed by atoms with Crippen molar-refractivity contribution in [3.63, 3.8) is 0 Å². The van der Waals surface area contributed by atoms with E-state index >= 15 is 0 Å². The van der Waals surface area contributed by atoms with Crippen molar-refractivity contribution in [1.29, 1.82) is 0 Å². The third-order valence-corrected chi connectivity index (χ3v) is 6.71. The van der Waals surface area contributed by atoms with E-state index in [1.807, 2.05) is 0 Å². The first-order valence-electron chi connectivity index (χ1n) is 9.85. The van der Waals surface area contributed by atoms with Crippen LogP contribution in [0.15, 0.2) is 58.3 Å². The van der Waals surface area contributed by atoms with Gasteiger partial charge in [0.25, 0.3) is 5.89 Å². The van der Waals surface area contributed by atoms with E-state index in [-0.39, 0.29) is 0 Å². The maximum atomic E-state index is 6.03. The molecule has 5 heteroatoms. The molecule has 1 saturated heterocycles. The van der Waals surface area contributed by atoms with Gasteiger partial charge in [0.15, 0.2) is 0 Å². The molecule has 142 valence electrons. The van der Waals surface area contributed by atoms with Gasteiger partial charge in [0.05, 0.1) is 4.88 Å². The first kappa shape index (κ1) is 17.6. The van der Waals surface area contributed by atoms with Crippen molar-refractivity contribution in [3.05, 3.63) is 70.9 Å². The van der Waals surface area contributed by atoms with Crippen LogP contribution in [0.1, 0.15) is 35.8 Å². The molecule has 0 radical (unpaired) electrons. The topological polar surface area (TPSA) is 42.2 Å². The molecule has 0 unspecified atom stereocenters. The predicted octanol–water partition coefficient (Wildman–Crippen LogP) is 5.64. The summed E-state index contributed by atoms with van der Waals surface area (Å²) in [5.74, 6) is 1.83. The first-order chi connectivity index (χ1) is 13.8. The maximum Gasteiger partial charge on any atom is 0.258 e. The van der Waals surface area contributed by atoms with Crippen molar-refractivity contribution in [1.82, 2.24) is 15.1 Å². The number of nitrogens with zero attached hydrogens (tertiary/aromatic N) is 3. The molecular weight excluding hydrogens is 366 g/mol. The number of aromatic nitrogens is 2. The van der Waals surface area contributed by atoms with Crippen molar-refractivity contribution in [2.45, 2.75) is 32.2 Å². The molecule has 1 aliphatic heterocycles. The van der Waals surface area contributed by atoms with Gasteiger partial charge >= 0.3 is 0 Å². The Labute approximate surface area is 168 Å². The Morgan fingerprint density at radius 1 is 1.04 bits per heavy atom. The Bertz CT molecular complexity index is 1090. The van der Waals surface area contributed by atoms with E-state index in [4.69, 9.17) is 4.42 Å². The number of aryl methyl sites for hydroxylation is 1. The Morgan fingerprint density at radius 2 is 1.86 bits per heavy atom. The zero-order valence-electron chi connectivity index (χ0n) is 16.0. The standard InChI is InChI=1S/C23H23N3OS/c1-16-11-14-28-21(16)23-25-24-22(27-23)18-9-12-26(13-10-18)15-19-7-4-6-17-5-2-3-8-20(17)19/h2-8,11,14,18H,9-10,12-13,15H2,1H3. The van der Waals surface area contributed by atoms with Gasteiger partial charge in [-0.1, -0.05) is 42.5 Å². The SMILES string of the molecule is Cc1ccsc1-c1nnc(C2CCN(Cc3cccc4ccccc34)CC2)o1. The van der Waals surface area contributed by atoms with E-state index in [1.165, 1.54) is 21.9 Å². The van der Waals surface area contributed by atoms with Gasteiger partial charge in [-0.3, -0.25) is 4.90 Å². The summed E-state index contributed by atoms with van der Waals surface area (Å²) in [6.07, 6.45) is 2.13. The third-order valence-electron chi connectivity index (χ3n) is 5.71. The fourth-order valence-electron chi connectivity index (χ4n) is 4.09. The number of thiophene rings is 1. The summed E-state index contributed by atoms with van der Waals surface area (Å²) < 4.78 is 6.03. The summed E-state index contributed by atoms with van der Waals surface area (Å²) in [4.78, 5) is 3.63. The van der Waals surface area contributed by atoms with E-state index in [1.54, 1.807) is 11.3 Å². The van der Waals surface area contributed by atoms with E-state index < -0.39 is 0 Å². The van der Waals surface area contributed by atoms with Gasteiger partial charge in [0, 0.05) is 12.5 Å². The number of likely N-dealkylation sites (tertiary alicyclic amines) is 1. The molecule has 0 N–H and O–H groups in total. The summed E-state index contributed by atoms with van der Waals surface area (Å²) in [5, 5.41) is 13.4. The van der Waals surface area contributed by atoms with Crippen molar-refractivity contribution in [2.75, 3.05) is 13.1 Å². The highest BCUT2D eigenvalue weighted by atomic mass is 32.1. The highest BCUT2D eigenvalue weighted by molar-refractivity contribution is 7.13. The molecule has 5 rings (SSSR count). The molecular formula is C23H23N3OS. The molecule has 0 spiro atoms. The van der Waals surface area contributed by atoms with Crippen LogP contribution in [0.3, 0.4) is 0 Å². The van der Waals surface area contributed by atoms with Crippen molar-refractivity contribution >= 4 is 22.1 Å². The third kappa shape index (κ3) is 3.36. The minimum Gasteiger partial charge on any atom is -0.420 e. The molecule has 0 aliphatic carbocycles. The van der Waals surface area contributed by atoms with Crippen LogP contribution in [0, 0.1) is 6.92 Å². The van der Waals surface area contributed by atoms with Crippen LogP contribution >= 0.6 is 11.3 Å². The van der Waals surface area contributed by atoms with Crippen molar-refractivity contribution in [3.8, 4) is 10.8 Å². The lowest BCUT2D eigenvalue weighted by atomic mass is 9.96. The van der Waals surface area contributed by atoms with Crippen LogP contribution in [-0.2, 0) is 6.54 Å². The fraction of sp³-hybridized carbons (Fsp3) is 0.304. The second-order valence-electron chi connectivity index (χ2n) is 7.57. The monoisotopic (exact) mass is 389 g/mol. The van der Waals surface area contributed by atoms with Gasteiger partial charge in [0.1, 0.15) is 0 Å². The Morgan fingerprint density at radius 3 is 2.68 bits per heavy atom. The number of piperidine rings is 1. The van der Waals surface area contributed by atoms with Crippen LogP contribution < -0.4 is 0 Å². The molecule has 3 heterocycles. The molecule has 2 aromatic carbocycles. The molecule has 4 aromatic rings. The molecule has 4 nitrogen and oxygen atoms in total. The quantitative estimate of drug-likeness (QED) is 0.453. The van der Waals surface area contributed by atoms with Gasteiger partial charge in [-0.15, -0.1) is 21.5 Å². The molecule has 0 amide bonds. The molecule has 1 aliphatic rings. The predicted molar refractivity (Wildman–Crippen MR) is 114 cm³/mol. The summed E-state index contributed by atoms with van der Waals surface area (Å²) in [6, 6.07) is 17.3. The average Bonchev–Trinajstić information content (AvgIpc) is 3.38. The minimum atomic E-state index is 0.366. The van der Waals surface area contributed by atoms with Crippen LogP contribution in [0.25, 0.3) is 21.5 Å². The highest BCUT2D eigenvalue weighted by Crippen LogP contribution is 2.33. The van der Waals surface area contributed by atoms with Gasteiger partial charge in [0.2, 0.25) is 5.89 Å². The van der Waals surface area contributed by atoms with Gasteiger partial charge in [-0.2, -0.15) is 0 Å². The highest BCUT2D eigenvalue weighted by Gasteiger charge is 2.26. The number of rotatable bonds is 4. The van der Waals surface area contributed by atoms with Gasteiger partial charge in [-0.25, -0.2) is 0 Å². The second-order valence-corrected chi connectivity index (χ2v) is 8.48. The van der Waals surface area contributed by atoms with Crippen LogP contribution in [0.2, 0.25) is 0 Å². The van der Waals surface area contributed by atoms with Crippen LogP contribution in [0.5, 0.6) is 0 Å². The first-order valence-corrected chi connectivity index (χ1v) is 10.7. The lowest BCUT2D eigenvalue weighted by molar-refractivity contribution is 0.194. The second kappa shape index (κ2) is 7.49.